The number of rotatable bonds is 6. The fraction of sp³-hybridized carbons (Fsp3) is 0.312. The van der Waals surface area contributed by atoms with Crippen LogP contribution < -0.4 is 0 Å². The predicted molar refractivity (Wildman–Crippen MR) is 84.3 cm³/mol. The summed E-state index contributed by atoms with van der Waals surface area (Å²) in [4.78, 5) is 6.48. The first kappa shape index (κ1) is 15.2. The highest BCUT2D eigenvalue weighted by atomic mass is 79.9. The number of hydrogen-bond acceptors (Lipinski definition) is 3. The Bertz CT molecular complexity index is 533. The molecule has 1 heterocycles. The van der Waals surface area contributed by atoms with Crippen LogP contribution in [0.3, 0.4) is 0 Å². The van der Waals surface area contributed by atoms with Crippen LogP contribution in [0, 0.1) is 0 Å². The molecular formula is C16H19BrN2O. The van der Waals surface area contributed by atoms with Crippen molar-refractivity contribution in [2.75, 3.05) is 13.6 Å². The molecule has 0 spiro atoms. The Balaban J connectivity index is 1.84. The quantitative estimate of drug-likeness (QED) is 0.879. The molecule has 106 valence electrons. The molecule has 0 saturated heterocycles. The third-order valence-corrected chi connectivity index (χ3v) is 3.93. The van der Waals surface area contributed by atoms with E-state index in [0.717, 1.165) is 28.8 Å². The van der Waals surface area contributed by atoms with E-state index in [-0.39, 0.29) is 0 Å². The molecule has 1 aromatic carbocycles. The van der Waals surface area contributed by atoms with Crippen LogP contribution in [0.2, 0.25) is 0 Å². The van der Waals surface area contributed by atoms with Gasteiger partial charge in [-0.1, -0.05) is 40.2 Å². The summed E-state index contributed by atoms with van der Waals surface area (Å²) in [7, 11) is 2.04. The molecule has 0 aliphatic carbocycles. The normalized spacial score (nSPS) is 12.6. The molecule has 1 aromatic heterocycles. The average molecular weight is 335 g/mol. The Hall–Kier alpha value is -1.23. The first-order valence-corrected chi connectivity index (χ1v) is 7.47. The van der Waals surface area contributed by atoms with Crippen molar-refractivity contribution in [3.8, 4) is 0 Å². The second-order valence-electron chi connectivity index (χ2n) is 4.88. The van der Waals surface area contributed by atoms with E-state index in [2.05, 4.69) is 25.8 Å². The molecule has 3 nitrogen and oxygen atoms in total. The fourth-order valence-electron chi connectivity index (χ4n) is 2.09. The van der Waals surface area contributed by atoms with Crippen molar-refractivity contribution >= 4 is 15.9 Å². The Morgan fingerprint density at radius 1 is 1.20 bits per heavy atom. The molecule has 1 atom stereocenters. The van der Waals surface area contributed by atoms with Gasteiger partial charge in [-0.15, -0.1) is 0 Å². The van der Waals surface area contributed by atoms with Gasteiger partial charge in [0.05, 0.1) is 11.8 Å². The zero-order valence-electron chi connectivity index (χ0n) is 11.5. The Kier molecular flexibility index (Phi) is 5.71. The number of aliphatic hydroxyl groups excluding tert-OH is 1. The smallest absolute Gasteiger partial charge is 0.0813 e. The topological polar surface area (TPSA) is 36.4 Å². The predicted octanol–water partition coefficient (Wildman–Crippen LogP) is 3.40. The van der Waals surface area contributed by atoms with Crippen LogP contribution in [-0.4, -0.2) is 28.6 Å². The van der Waals surface area contributed by atoms with Crippen LogP contribution in [0.1, 0.15) is 23.8 Å². The van der Waals surface area contributed by atoms with Gasteiger partial charge in [-0.2, -0.15) is 0 Å². The number of pyridine rings is 1. The van der Waals surface area contributed by atoms with E-state index in [4.69, 9.17) is 0 Å². The zero-order valence-corrected chi connectivity index (χ0v) is 13.1. The van der Waals surface area contributed by atoms with E-state index in [1.807, 2.05) is 49.5 Å². The average Bonchev–Trinajstić information content (AvgIpc) is 2.46. The lowest BCUT2D eigenvalue weighted by Gasteiger charge is -2.19. The van der Waals surface area contributed by atoms with Gasteiger partial charge in [0.1, 0.15) is 0 Å². The molecule has 0 fully saturated rings. The van der Waals surface area contributed by atoms with Gasteiger partial charge in [-0.3, -0.25) is 4.98 Å². The van der Waals surface area contributed by atoms with Crippen LogP contribution in [0.5, 0.6) is 0 Å². The van der Waals surface area contributed by atoms with Crippen LogP contribution in [-0.2, 0) is 6.54 Å². The molecule has 2 aromatic rings. The summed E-state index contributed by atoms with van der Waals surface area (Å²) >= 11 is 3.47. The highest BCUT2D eigenvalue weighted by molar-refractivity contribution is 9.10. The third kappa shape index (κ3) is 4.40. The van der Waals surface area contributed by atoms with Crippen LogP contribution in [0.15, 0.2) is 53.1 Å². The van der Waals surface area contributed by atoms with E-state index in [0.29, 0.717) is 6.42 Å². The van der Waals surface area contributed by atoms with E-state index in [9.17, 15) is 5.11 Å². The molecule has 1 N–H and O–H groups in total. The summed E-state index contributed by atoms with van der Waals surface area (Å²) in [6, 6.07) is 13.7. The van der Waals surface area contributed by atoms with Crippen molar-refractivity contribution in [2.45, 2.75) is 19.1 Å². The maximum atomic E-state index is 10.2. The van der Waals surface area contributed by atoms with Crippen molar-refractivity contribution in [1.29, 1.82) is 0 Å². The van der Waals surface area contributed by atoms with Gasteiger partial charge in [-0.25, -0.2) is 0 Å². The minimum atomic E-state index is -0.447. The van der Waals surface area contributed by atoms with Gasteiger partial charge in [0, 0.05) is 23.8 Å². The first-order valence-electron chi connectivity index (χ1n) is 6.68. The minimum Gasteiger partial charge on any atom is -0.388 e. The second kappa shape index (κ2) is 7.53. The lowest BCUT2D eigenvalue weighted by molar-refractivity contribution is 0.146. The van der Waals surface area contributed by atoms with Gasteiger partial charge in [0.2, 0.25) is 0 Å². The lowest BCUT2D eigenvalue weighted by atomic mass is 10.1. The van der Waals surface area contributed by atoms with Gasteiger partial charge < -0.3 is 10.0 Å². The summed E-state index contributed by atoms with van der Waals surface area (Å²) in [5.74, 6) is 0. The first-order chi connectivity index (χ1) is 9.66. The van der Waals surface area contributed by atoms with Crippen LogP contribution >= 0.6 is 15.9 Å². The summed E-state index contributed by atoms with van der Waals surface area (Å²) < 4.78 is 0.958. The van der Waals surface area contributed by atoms with Gasteiger partial charge >= 0.3 is 0 Å². The van der Waals surface area contributed by atoms with Crippen molar-refractivity contribution in [3.05, 3.63) is 64.4 Å². The molecule has 0 radical (unpaired) electrons. The highest BCUT2D eigenvalue weighted by Gasteiger charge is 2.11. The monoisotopic (exact) mass is 334 g/mol. The number of nitrogens with zero attached hydrogens (tertiary/aromatic N) is 2. The van der Waals surface area contributed by atoms with Gasteiger partial charge in [0.15, 0.2) is 0 Å². The standard InChI is InChI=1S/C16H19BrN2O/c1-19(12-13-6-4-5-10-18-13)11-9-16(20)14-7-2-3-8-15(14)17/h2-8,10,16,20H,9,11-12H2,1H3. The summed E-state index contributed by atoms with van der Waals surface area (Å²) in [5.41, 5.74) is 1.99. The van der Waals surface area contributed by atoms with Crippen molar-refractivity contribution in [1.82, 2.24) is 9.88 Å². The molecule has 0 amide bonds. The molecule has 1 unspecified atom stereocenters. The molecule has 0 bridgehead atoms. The van der Waals surface area contributed by atoms with Crippen LogP contribution in [0.25, 0.3) is 0 Å². The van der Waals surface area contributed by atoms with Gasteiger partial charge in [-0.05, 0) is 37.2 Å². The molecule has 20 heavy (non-hydrogen) atoms. The number of benzene rings is 1. The number of aliphatic hydroxyl groups is 1. The Morgan fingerprint density at radius 3 is 2.65 bits per heavy atom. The Morgan fingerprint density at radius 2 is 1.95 bits per heavy atom. The maximum Gasteiger partial charge on any atom is 0.0813 e. The molecule has 0 saturated carbocycles. The molecule has 2 rings (SSSR count). The second-order valence-corrected chi connectivity index (χ2v) is 5.74. The third-order valence-electron chi connectivity index (χ3n) is 3.21. The highest BCUT2D eigenvalue weighted by Crippen LogP contribution is 2.25. The largest absolute Gasteiger partial charge is 0.388 e. The SMILES string of the molecule is CN(CCC(O)c1ccccc1Br)Cc1ccccn1. The van der Waals surface area contributed by atoms with E-state index in [1.54, 1.807) is 6.20 Å². The summed E-state index contributed by atoms with van der Waals surface area (Å²) in [6.07, 6.45) is 2.06. The Labute approximate surface area is 128 Å². The number of aromatic nitrogens is 1. The van der Waals surface area contributed by atoms with E-state index < -0.39 is 6.10 Å². The lowest BCUT2D eigenvalue weighted by Crippen LogP contribution is -2.21. The number of halogens is 1. The minimum absolute atomic E-state index is 0.447. The van der Waals surface area contributed by atoms with Gasteiger partial charge in [0.25, 0.3) is 0 Å². The van der Waals surface area contributed by atoms with E-state index in [1.165, 1.54) is 0 Å². The van der Waals surface area contributed by atoms with Crippen molar-refractivity contribution in [3.63, 3.8) is 0 Å². The van der Waals surface area contributed by atoms with Crippen molar-refractivity contribution in [2.24, 2.45) is 0 Å². The molecular weight excluding hydrogens is 316 g/mol. The van der Waals surface area contributed by atoms with Crippen LogP contribution in [0.4, 0.5) is 0 Å². The summed E-state index contributed by atoms with van der Waals surface area (Å²) in [5, 5.41) is 10.2. The van der Waals surface area contributed by atoms with Crippen molar-refractivity contribution < 1.29 is 5.11 Å². The zero-order chi connectivity index (χ0) is 14.4. The maximum absolute atomic E-state index is 10.2. The molecule has 0 aliphatic rings. The summed E-state index contributed by atoms with van der Waals surface area (Å²) in [6.45, 7) is 1.61. The molecule has 0 aliphatic heterocycles. The molecule has 4 heteroatoms. The van der Waals surface area contributed by atoms with E-state index >= 15 is 0 Å². The number of hydrogen-bond donors (Lipinski definition) is 1. The fourth-order valence-corrected chi connectivity index (χ4v) is 2.64.